The van der Waals surface area contributed by atoms with Crippen molar-refractivity contribution >= 4 is 11.9 Å². The summed E-state index contributed by atoms with van der Waals surface area (Å²) in [5.41, 5.74) is 1.01. The second-order valence-electron chi connectivity index (χ2n) is 4.33. The summed E-state index contributed by atoms with van der Waals surface area (Å²) in [4.78, 5) is 15.9. The van der Waals surface area contributed by atoms with E-state index in [4.69, 9.17) is 9.47 Å². The van der Waals surface area contributed by atoms with E-state index in [1.165, 1.54) is 0 Å². The van der Waals surface area contributed by atoms with E-state index in [1.54, 1.807) is 6.92 Å². The number of benzene rings is 1. The number of H-pyrrole nitrogens is 1. The van der Waals surface area contributed by atoms with E-state index in [2.05, 4.69) is 20.5 Å². The first-order chi connectivity index (χ1) is 10.2. The molecule has 0 aliphatic heterocycles. The molecule has 112 valence electrons. The second kappa shape index (κ2) is 7.39. The summed E-state index contributed by atoms with van der Waals surface area (Å²) < 4.78 is 10.6. The van der Waals surface area contributed by atoms with Crippen LogP contribution in [-0.2, 0) is 16.1 Å². The molecule has 7 heteroatoms. The highest BCUT2D eigenvalue weighted by Gasteiger charge is 2.15. The molecule has 1 aromatic heterocycles. The van der Waals surface area contributed by atoms with Gasteiger partial charge in [0.25, 0.3) is 5.91 Å². The molecular formula is C14H18N4O3. The van der Waals surface area contributed by atoms with Crippen LogP contribution in [0.4, 0.5) is 5.95 Å². The number of ether oxygens (including phenoxy) is 2. The molecule has 2 rings (SSSR count). The summed E-state index contributed by atoms with van der Waals surface area (Å²) in [5.74, 6) is -0.0660. The van der Waals surface area contributed by atoms with Gasteiger partial charge >= 0.3 is 6.01 Å². The maximum Gasteiger partial charge on any atom is 0.337 e. The van der Waals surface area contributed by atoms with Crippen molar-refractivity contribution in [2.24, 2.45) is 0 Å². The first kappa shape index (κ1) is 15.0. The lowest BCUT2D eigenvalue weighted by Crippen LogP contribution is -2.28. The van der Waals surface area contributed by atoms with Crippen molar-refractivity contribution in [2.75, 3.05) is 11.9 Å². The molecule has 7 nitrogen and oxygen atoms in total. The van der Waals surface area contributed by atoms with Gasteiger partial charge in [-0.15, -0.1) is 5.10 Å². The molecular weight excluding hydrogens is 272 g/mol. The number of carbonyl (C=O) groups excluding carboxylic acids is 1. The summed E-state index contributed by atoms with van der Waals surface area (Å²) in [6.45, 7) is 4.34. The highest BCUT2D eigenvalue weighted by Crippen LogP contribution is 2.08. The third-order valence-corrected chi connectivity index (χ3v) is 2.69. The zero-order chi connectivity index (χ0) is 15.1. The molecule has 1 aromatic carbocycles. The standard InChI is InChI=1S/C14H18N4O3/c1-3-20-14-16-13(17-18-14)15-12(19)10(2)21-9-11-7-5-4-6-8-11/h4-8,10H,3,9H2,1-2H3,(H2,15,16,17,18,19). The molecule has 21 heavy (non-hydrogen) atoms. The van der Waals surface area contributed by atoms with Gasteiger partial charge in [0.05, 0.1) is 13.2 Å². The Balaban J connectivity index is 1.81. The Kier molecular flexibility index (Phi) is 5.28. The summed E-state index contributed by atoms with van der Waals surface area (Å²) in [6, 6.07) is 9.86. The van der Waals surface area contributed by atoms with E-state index >= 15 is 0 Å². The number of hydrogen-bond donors (Lipinski definition) is 2. The molecule has 0 saturated carbocycles. The van der Waals surface area contributed by atoms with Gasteiger partial charge in [0, 0.05) is 0 Å². The molecule has 0 radical (unpaired) electrons. The molecule has 0 spiro atoms. The average Bonchev–Trinajstić information content (AvgIpc) is 2.93. The Morgan fingerprint density at radius 3 is 2.86 bits per heavy atom. The van der Waals surface area contributed by atoms with Gasteiger partial charge < -0.3 is 9.47 Å². The maximum absolute atomic E-state index is 11.9. The third-order valence-electron chi connectivity index (χ3n) is 2.69. The fourth-order valence-electron chi connectivity index (χ4n) is 1.59. The minimum atomic E-state index is -0.606. The van der Waals surface area contributed by atoms with Gasteiger partial charge in [0.1, 0.15) is 6.10 Å². The van der Waals surface area contributed by atoms with E-state index in [9.17, 15) is 4.79 Å². The lowest BCUT2D eigenvalue weighted by Gasteiger charge is -2.11. The third kappa shape index (κ3) is 4.57. The van der Waals surface area contributed by atoms with Crippen LogP contribution in [-0.4, -0.2) is 33.8 Å². The quantitative estimate of drug-likeness (QED) is 0.811. The number of anilines is 1. The van der Waals surface area contributed by atoms with Crippen LogP contribution in [0.2, 0.25) is 0 Å². The second-order valence-corrected chi connectivity index (χ2v) is 4.33. The Hall–Kier alpha value is -2.41. The topological polar surface area (TPSA) is 89.1 Å². The molecule has 2 aromatic rings. The number of nitrogens with one attached hydrogen (secondary N) is 2. The molecule has 0 aliphatic rings. The molecule has 0 saturated heterocycles. The SMILES string of the molecule is CCOc1n[nH]c(NC(=O)C(C)OCc2ccccc2)n1. The fraction of sp³-hybridized carbons (Fsp3) is 0.357. The van der Waals surface area contributed by atoms with Crippen LogP contribution in [0.3, 0.4) is 0 Å². The van der Waals surface area contributed by atoms with Gasteiger partial charge in [-0.2, -0.15) is 4.98 Å². The van der Waals surface area contributed by atoms with Crippen molar-refractivity contribution in [3.63, 3.8) is 0 Å². The largest absolute Gasteiger partial charge is 0.463 e. The zero-order valence-corrected chi connectivity index (χ0v) is 12.0. The number of nitrogens with zero attached hydrogens (tertiary/aromatic N) is 2. The van der Waals surface area contributed by atoms with Crippen LogP contribution in [0.15, 0.2) is 30.3 Å². The summed E-state index contributed by atoms with van der Waals surface area (Å²) in [7, 11) is 0. The minimum absolute atomic E-state index is 0.200. The van der Waals surface area contributed by atoms with Crippen molar-refractivity contribution in [1.82, 2.24) is 15.2 Å². The Labute approximate surface area is 122 Å². The number of amides is 1. The summed E-state index contributed by atoms with van der Waals surface area (Å²) in [5, 5.41) is 8.96. The smallest absolute Gasteiger partial charge is 0.337 e. The first-order valence-corrected chi connectivity index (χ1v) is 6.70. The summed E-state index contributed by atoms with van der Waals surface area (Å²) >= 11 is 0. The normalized spacial score (nSPS) is 11.9. The van der Waals surface area contributed by atoms with Gasteiger partial charge in [-0.3, -0.25) is 10.1 Å². The highest BCUT2D eigenvalue weighted by molar-refractivity contribution is 5.92. The van der Waals surface area contributed by atoms with Crippen molar-refractivity contribution in [1.29, 1.82) is 0 Å². The number of aromatic nitrogens is 3. The van der Waals surface area contributed by atoms with Crippen LogP contribution in [0.25, 0.3) is 0 Å². The van der Waals surface area contributed by atoms with E-state index < -0.39 is 6.10 Å². The van der Waals surface area contributed by atoms with E-state index in [0.29, 0.717) is 13.2 Å². The number of rotatable bonds is 7. The van der Waals surface area contributed by atoms with Crippen LogP contribution in [0.5, 0.6) is 6.01 Å². The molecule has 1 amide bonds. The minimum Gasteiger partial charge on any atom is -0.463 e. The van der Waals surface area contributed by atoms with Crippen molar-refractivity contribution in [3.8, 4) is 6.01 Å². The van der Waals surface area contributed by atoms with Gasteiger partial charge in [-0.25, -0.2) is 5.10 Å². The van der Waals surface area contributed by atoms with Crippen LogP contribution in [0, 0.1) is 0 Å². The zero-order valence-electron chi connectivity index (χ0n) is 12.0. The van der Waals surface area contributed by atoms with E-state index in [0.717, 1.165) is 5.56 Å². The maximum atomic E-state index is 11.9. The van der Waals surface area contributed by atoms with Gasteiger partial charge in [0.15, 0.2) is 0 Å². The Bertz CT molecular complexity index is 571. The molecule has 1 atom stereocenters. The number of carbonyl (C=O) groups is 1. The van der Waals surface area contributed by atoms with Crippen molar-refractivity contribution in [2.45, 2.75) is 26.6 Å². The number of hydrogen-bond acceptors (Lipinski definition) is 5. The molecule has 1 heterocycles. The Morgan fingerprint density at radius 1 is 1.38 bits per heavy atom. The van der Waals surface area contributed by atoms with Crippen molar-refractivity contribution < 1.29 is 14.3 Å². The number of aromatic amines is 1. The highest BCUT2D eigenvalue weighted by atomic mass is 16.5. The average molecular weight is 290 g/mol. The lowest BCUT2D eigenvalue weighted by molar-refractivity contribution is -0.127. The predicted molar refractivity (Wildman–Crippen MR) is 76.9 cm³/mol. The van der Waals surface area contributed by atoms with E-state index in [-0.39, 0.29) is 17.9 Å². The lowest BCUT2D eigenvalue weighted by atomic mass is 10.2. The molecule has 1 unspecified atom stereocenters. The van der Waals surface area contributed by atoms with Gasteiger partial charge in [0.2, 0.25) is 5.95 Å². The van der Waals surface area contributed by atoms with Gasteiger partial charge in [-0.05, 0) is 19.4 Å². The summed E-state index contributed by atoms with van der Waals surface area (Å²) in [6.07, 6.45) is -0.606. The van der Waals surface area contributed by atoms with Crippen LogP contribution in [0.1, 0.15) is 19.4 Å². The monoisotopic (exact) mass is 290 g/mol. The van der Waals surface area contributed by atoms with Gasteiger partial charge in [-0.1, -0.05) is 30.3 Å². The predicted octanol–water partition coefficient (Wildman–Crippen LogP) is 1.75. The first-order valence-electron chi connectivity index (χ1n) is 6.70. The molecule has 0 bridgehead atoms. The molecule has 2 N–H and O–H groups in total. The molecule has 0 aliphatic carbocycles. The van der Waals surface area contributed by atoms with E-state index in [1.807, 2.05) is 37.3 Å². The fourth-order valence-corrected chi connectivity index (χ4v) is 1.59. The van der Waals surface area contributed by atoms with Crippen LogP contribution >= 0.6 is 0 Å². The Morgan fingerprint density at radius 2 is 2.14 bits per heavy atom. The van der Waals surface area contributed by atoms with Crippen LogP contribution < -0.4 is 10.1 Å². The van der Waals surface area contributed by atoms with Crippen molar-refractivity contribution in [3.05, 3.63) is 35.9 Å². The molecule has 0 fully saturated rings.